The zero-order valence-corrected chi connectivity index (χ0v) is 17.8. The third-order valence-corrected chi connectivity index (χ3v) is 7.20. The van der Waals surface area contributed by atoms with Crippen LogP contribution >= 0.6 is 0 Å². The summed E-state index contributed by atoms with van der Waals surface area (Å²) in [6.45, 7) is 3.54. The number of carbonyl (C=O) groups is 1. The Balaban J connectivity index is 1.25. The summed E-state index contributed by atoms with van der Waals surface area (Å²) in [7, 11) is 0. The molecule has 3 aromatic heterocycles. The van der Waals surface area contributed by atoms with Crippen molar-refractivity contribution in [3.8, 4) is 0 Å². The molecule has 3 aliphatic rings. The number of aromatic nitrogens is 4. The molecule has 1 aliphatic carbocycles. The van der Waals surface area contributed by atoms with E-state index in [0.717, 1.165) is 93.2 Å². The first kappa shape index (κ1) is 18.8. The smallest absolute Gasteiger partial charge is 0.227 e. The maximum atomic E-state index is 12.9. The minimum Gasteiger partial charge on any atom is -0.356 e. The van der Waals surface area contributed by atoms with Gasteiger partial charge in [-0.1, -0.05) is 6.07 Å². The highest BCUT2D eigenvalue weighted by Gasteiger charge is 2.50. The maximum absolute atomic E-state index is 12.9. The minimum atomic E-state index is -0.0967. The van der Waals surface area contributed by atoms with Gasteiger partial charge in [-0.2, -0.15) is 0 Å². The van der Waals surface area contributed by atoms with Gasteiger partial charge in [0, 0.05) is 32.4 Å². The lowest BCUT2D eigenvalue weighted by Gasteiger charge is -2.34. The van der Waals surface area contributed by atoms with Gasteiger partial charge in [0.05, 0.1) is 22.5 Å². The first-order chi connectivity index (χ1) is 15.2. The average Bonchev–Trinajstić information content (AvgIpc) is 3.24. The van der Waals surface area contributed by atoms with Crippen LogP contribution in [-0.2, 0) is 10.2 Å². The zero-order valence-electron chi connectivity index (χ0n) is 17.8. The number of hydrogen-bond acceptors (Lipinski definition) is 5. The first-order valence-corrected chi connectivity index (χ1v) is 11.6. The highest BCUT2D eigenvalue weighted by molar-refractivity contribution is 5.80. The third-order valence-electron chi connectivity index (χ3n) is 7.20. The van der Waals surface area contributed by atoms with Crippen LogP contribution in [0.15, 0.2) is 36.5 Å². The Bertz CT molecular complexity index is 1100. The molecule has 31 heavy (non-hydrogen) atoms. The third kappa shape index (κ3) is 3.27. The number of likely N-dealkylation sites (tertiary alicyclic amines) is 1. The van der Waals surface area contributed by atoms with Gasteiger partial charge >= 0.3 is 0 Å². The molecule has 1 unspecified atom stereocenters. The molecule has 0 spiro atoms. The van der Waals surface area contributed by atoms with E-state index in [9.17, 15) is 4.79 Å². The largest absolute Gasteiger partial charge is 0.356 e. The first-order valence-electron chi connectivity index (χ1n) is 11.6. The lowest BCUT2D eigenvalue weighted by molar-refractivity contribution is -0.134. The summed E-state index contributed by atoms with van der Waals surface area (Å²) in [5.41, 5.74) is 2.69. The van der Waals surface area contributed by atoms with Gasteiger partial charge < -0.3 is 14.8 Å². The minimum absolute atomic E-state index is 0.0815. The van der Waals surface area contributed by atoms with E-state index in [1.54, 1.807) is 0 Å². The monoisotopic (exact) mass is 416 g/mol. The Labute approximate surface area is 181 Å². The second-order valence-corrected chi connectivity index (χ2v) is 9.24. The summed E-state index contributed by atoms with van der Waals surface area (Å²) >= 11 is 0. The van der Waals surface area contributed by atoms with Crippen LogP contribution in [0.25, 0.3) is 11.2 Å². The summed E-state index contributed by atoms with van der Waals surface area (Å²) in [5.74, 6) is 2.30. The zero-order chi connectivity index (χ0) is 20.8. The summed E-state index contributed by atoms with van der Waals surface area (Å²) in [5, 5.41) is 0. The lowest BCUT2D eigenvalue weighted by atomic mass is 9.96. The molecule has 0 aromatic carbocycles. The number of fused-ring (bicyclic) bond motifs is 1. The van der Waals surface area contributed by atoms with Crippen molar-refractivity contribution in [2.24, 2.45) is 5.92 Å². The Morgan fingerprint density at radius 3 is 2.68 bits per heavy atom. The molecule has 0 radical (unpaired) electrons. The summed E-state index contributed by atoms with van der Waals surface area (Å²) in [4.78, 5) is 35.1. The van der Waals surface area contributed by atoms with Gasteiger partial charge in [-0.15, -0.1) is 0 Å². The van der Waals surface area contributed by atoms with Crippen LogP contribution in [-0.4, -0.2) is 56.9 Å². The van der Waals surface area contributed by atoms with Crippen LogP contribution in [0.3, 0.4) is 0 Å². The van der Waals surface area contributed by atoms with Gasteiger partial charge in [-0.05, 0) is 62.8 Å². The Morgan fingerprint density at radius 1 is 1.03 bits per heavy atom. The number of carbonyl (C=O) groups excluding carboxylic acids is 1. The van der Waals surface area contributed by atoms with Crippen LogP contribution in [0.4, 0.5) is 5.82 Å². The van der Waals surface area contributed by atoms with E-state index in [4.69, 9.17) is 9.97 Å². The van der Waals surface area contributed by atoms with Gasteiger partial charge in [0.1, 0.15) is 11.6 Å². The molecule has 7 nitrogen and oxygen atoms in total. The fourth-order valence-corrected chi connectivity index (χ4v) is 5.25. The number of amides is 1. The van der Waals surface area contributed by atoms with E-state index < -0.39 is 0 Å². The van der Waals surface area contributed by atoms with E-state index in [1.165, 1.54) is 0 Å². The molecule has 160 valence electrons. The molecule has 3 fully saturated rings. The predicted octanol–water partition coefficient (Wildman–Crippen LogP) is 3.27. The topological polar surface area (TPSA) is 78.0 Å². The number of pyridine rings is 2. The standard InChI is InChI=1S/C24H28N6O/c31-22(29-13-3-4-14-29)17-6-5-15-30(16-17)20-9-8-18-21(27-20)28-23(26-18)24(10-11-24)19-7-1-2-12-25-19/h1-2,7-9,12,17H,3-6,10-11,13-16H2,(H,26,27,28). The van der Waals surface area contributed by atoms with Crippen molar-refractivity contribution in [3.05, 3.63) is 48.0 Å². The van der Waals surface area contributed by atoms with Crippen LogP contribution in [0.5, 0.6) is 0 Å². The summed E-state index contributed by atoms with van der Waals surface area (Å²) < 4.78 is 0. The van der Waals surface area contributed by atoms with Crippen LogP contribution in [0, 0.1) is 5.92 Å². The predicted molar refractivity (Wildman–Crippen MR) is 119 cm³/mol. The number of anilines is 1. The van der Waals surface area contributed by atoms with Gasteiger partial charge in [0.15, 0.2) is 5.65 Å². The summed E-state index contributed by atoms with van der Waals surface area (Å²) in [6, 6.07) is 10.2. The second-order valence-electron chi connectivity index (χ2n) is 9.24. The van der Waals surface area contributed by atoms with Crippen molar-refractivity contribution in [2.45, 2.75) is 43.9 Å². The van der Waals surface area contributed by atoms with Gasteiger partial charge in [-0.25, -0.2) is 9.97 Å². The van der Waals surface area contributed by atoms with Crippen molar-refractivity contribution >= 4 is 22.9 Å². The van der Waals surface area contributed by atoms with E-state index in [-0.39, 0.29) is 11.3 Å². The number of aromatic amines is 1. The van der Waals surface area contributed by atoms with Crippen LogP contribution < -0.4 is 4.90 Å². The molecular formula is C24H28N6O. The molecule has 7 heteroatoms. The molecule has 3 aromatic rings. The molecule has 1 atom stereocenters. The number of hydrogen-bond donors (Lipinski definition) is 1. The lowest BCUT2D eigenvalue weighted by Crippen LogP contribution is -2.44. The Hall–Kier alpha value is -2.96. The van der Waals surface area contributed by atoms with E-state index >= 15 is 0 Å². The second kappa shape index (κ2) is 7.32. The van der Waals surface area contributed by atoms with Crippen LogP contribution in [0.2, 0.25) is 0 Å². The molecule has 1 amide bonds. The van der Waals surface area contributed by atoms with E-state index in [1.807, 2.05) is 18.3 Å². The number of rotatable bonds is 4. The van der Waals surface area contributed by atoms with Crippen molar-refractivity contribution < 1.29 is 4.79 Å². The Morgan fingerprint density at radius 2 is 1.90 bits per heavy atom. The average molecular weight is 417 g/mol. The van der Waals surface area contributed by atoms with Crippen molar-refractivity contribution in [3.63, 3.8) is 0 Å². The molecule has 2 saturated heterocycles. The SMILES string of the molecule is O=C(C1CCCN(c2ccc3[nH]c(C4(c5ccccn5)CC4)nc3n2)C1)N1CCCC1. The van der Waals surface area contributed by atoms with E-state index in [2.05, 4.69) is 38.0 Å². The quantitative estimate of drug-likeness (QED) is 0.706. The highest BCUT2D eigenvalue weighted by Crippen LogP contribution is 2.51. The molecule has 0 bridgehead atoms. The van der Waals surface area contributed by atoms with Gasteiger partial charge in [-0.3, -0.25) is 9.78 Å². The molecular weight excluding hydrogens is 388 g/mol. The van der Waals surface area contributed by atoms with Gasteiger partial charge in [0.2, 0.25) is 5.91 Å². The van der Waals surface area contributed by atoms with Crippen molar-refractivity contribution in [2.75, 3.05) is 31.1 Å². The fourth-order valence-electron chi connectivity index (χ4n) is 5.25. The maximum Gasteiger partial charge on any atom is 0.227 e. The molecule has 5 heterocycles. The molecule has 1 N–H and O–H groups in total. The Kier molecular flexibility index (Phi) is 4.44. The van der Waals surface area contributed by atoms with Crippen molar-refractivity contribution in [1.29, 1.82) is 0 Å². The van der Waals surface area contributed by atoms with Crippen LogP contribution in [0.1, 0.15) is 50.0 Å². The van der Waals surface area contributed by atoms with Gasteiger partial charge in [0.25, 0.3) is 0 Å². The number of imidazole rings is 1. The van der Waals surface area contributed by atoms with E-state index in [0.29, 0.717) is 5.91 Å². The summed E-state index contributed by atoms with van der Waals surface area (Å²) in [6.07, 6.45) is 8.26. The number of piperidine rings is 1. The normalized spacial score (nSPS) is 22.8. The number of nitrogens with one attached hydrogen (secondary N) is 1. The molecule has 1 saturated carbocycles. The highest BCUT2D eigenvalue weighted by atomic mass is 16.2. The fraction of sp³-hybridized carbons (Fsp3) is 0.500. The number of H-pyrrole nitrogens is 1. The van der Waals surface area contributed by atoms with Crippen molar-refractivity contribution in [1.82, 2.24) is 24.8 Å². The molecule has 2 aliphatic heterocycles. The molecule has 6 rings (SSSR count). The number of nitrogens with zero attached hydrogens (tertiary/aromatic N) is 5.